The van der Waals surface area contributed by atoms with Gasteiger partial charge in [-0.2, -0.15) is 0 Å². The Labute approximate surface area is 212 Å². The summed E-state index contributed by atoms with van der Waals surface area (Å²) in [6.07, 6.45) is -0.111. The van der Waals surface area contributed by atoms with Crippen molar-refractivity contribution < 1.29 is 14.6 Å². The van der Waals surface area contributed by atoms with Crippen LogP contribution in [0.3, 0.4) is 0 Å². The molecule has 0 aliphatic rings. The van der Waals surface area contributed by atoms with Gasteiger partial charge in [-0.05, 0) is 62.2 Å². The number of aryl methyl sites for hydroxylation is 1. The Morgan fingerprint density at radius 3 is 2.47 bits per heavy atom. The van der Waals surface area contributed by atoms with Gasteiger partial charge in [0.15, 0.2) is 0 Å². The average molecular weight is 516 g/mol. The highest BCUT2D eigenvalue weighted by molar-refractivity contribution is 6.30. The van der Waals surface area contributed by atoms with Gasteiger partial charge in [0.2, 0.25) is 11.5 Å². The number of carbonyl (C=O) groups excluding carboxylic acids is 1. The molecule has 36 heavy (non-hydrogen) atoms. The number of benzene rings is 2. The highest BCUT2D eigenvalue weighted by Gasteiger charge is 2.24. The third kappa shape index (κ3) is 6.32. The molecule has 3 aromatic rings. The first kappa shape index (κ1) is 27.0. The summed E-state index contributed by atoms with van der Waals surface area (Å²) in [6.45, 7) is 5.40. The van der Waals surface area contributed by atoms with Crippen molar-refractivity contribution in [3.8, 4) is 5.75 Å². The summed E-state index contributed by atoms with van der Waals surface area (Å²) >= 11 is 6.00. The van der Waals surface area contributed by atoms with Crippen LogP contribution in [0.1, 0.15) is 37.4 Å². The number of ether oxygens (including phenoxy) is 1. The second-order valence-electron chi connectivity index (χ2n) is 8.49. The van der Waals surface area contributed by atoms with Crippen molar-refractivity contribution in [1.29, 1.82) is 0 Å². The summed E-state index contributed by atoms with van der Waals surface area (Å²) in [7, 11) is 1.40. The molecular formula is C25H30ClN5O5. The molecule has 192 valence electrons. The van der Waals surface area contributed by atoms with E-state index < -0.39 is 29.9 Å². The average Bonchev–Trinajstić information content (AvgIpc) is 2.83. The molecule has 0 spiro atoms. The van der Waals surface area contributed by atoms with Crippen molar-refractivity contribution in [2.24, 2.45) is 4.99 Å². The molecule has 1 aromatic heterocycles. The molecule has 0 aliphatic carbocycles. The number of aliphatic hydroxyl groups excluding tert-OH is 1. The highest BCUT2D eigenvalue weighted by atomic mass is 35.5. The molecule has 11 heteroatoms. The van der Waals surface area contributed by atoms with E-state index in [4.69, 9.17) is 16.3 Å². The molecule has 3 rings (SSSR count). The van der Waals surface area contributed by atoms with Crippen molar-refractivity contribution in [1.82, 2.24) is 19.4 Å². The van der Waals surface area contributed by atoms with Crippen molar-refractivity contribution in [3.05, 3.63) is 85.2 Å². The monoisotopic (exact) mass is 515 g/mol. The van der Waals surface area contributed by atoms with E-state index >= 15 is 0 Å². The van der Waals surface area contributed by atoms with Crippen LogP contribution in [0.2, 0.25) is 5.02 Å². The number of amides is 1. The van der Waals surface area contributed by atoms with E-state index in [9.17, 15) is 19.5 Å². The number of aromatic amines is 1. The lowest BCUT2D eigenvalue weighted by Crippen LogP contribution is -2.53. The van der Waals surface area contributed by atoms with Gasteiger partial charge in [0.05, 0.1) is 18.3 Å². The lowest BCUT2D eigenvalue weighted by atomic mass is 10.2. The minimum atomic E-state index is -1.20. The Balaban J connectivity index is 2.23. The van der Waals surface area contributed by atoms with Crippen LogP contribution in [0.5, 0.6) is 5.75 Å². The van der Waals surface area contributed by atoms with Gasteiger partial charge in [-0.25, -0.2) is 19.1 Å². The van der Waals surface area contributed by atoms with Crippen LogP contribution in [0.25, 0.3) is 0 Å². The van der Waals surface area contributed by atoms with Gasteiger partial charge >= 0.3 is 11.4 Å². The quantitative estimate of drug-likeness (QED) is 0.401. The van der Waals surface area contributed by atoms with Crippen molar-refractivity contribution in [2.75, 3.05) is 13.7 Å². The van der Waals surface area contributed by atoms with Gasteiger partial charge in [-0.3, -0.25) is 14.3 Å². The van der Waals surface area contributed by atoms with E-state index in [2.05, 4.69) is 15.3 Å². The van der Waals surface area contributed by atoms with Gasteiger partial charge in [0, 0.05) is 25.1 Å². The van der Waals surface area contributed by atoms with E-state index in [0.717, 1.165) is 15.7 Å². The maximum atomic E-state index is 13.6. The number of aliphatic hydroxyl groups is 1. The molecule has 0 radical (unpaired) electrons. The van der Waals surface area contributed by atoms with Gasteiger partial charge in [-0.1, -0.05) is 23.7 Å². The van der Waals surface area contributed by atoms with Crippen LogP contribution in [-0.4, -0.2) is 44.9 Å². The largest absolute Gasteiger partial charge is 0.491 e. The van der Waals surface area contributed by atoms with Crippen LogP contribution in [0, 0.1) is 6.92 Å². The van der Waals surface area contributed by atoms with Crippen LogP contribution < -0.4 is 27.1 Å². The number of hydrogen-bond acceptors (Lipinski definition) is 6. The Hall–Kier alpha value is -3.63. The van der Waals surface area contributed by atoms with Crippen LogP contribution in [0.15, 0.2) is 57.0 Å². The van der Waals surface area contributed by atoms with E-state index in [1.54, 1.807) is 42.5 Å². The maximum absolute atomic E-state index is 13.6. The minimum Gasteiger partial charge on any atom is -0.491 e. The summed E-state index contributed by atoms with van der Waals surface area (Å²) in [5.74, 6) is 0.134. The number of rotatable bonds is 9. The minimum absolute atomic E-state index is 0.00385. The van der Waals surface area contributed by atoms with Crippen LogP contribution in [-0.2, 0) is 11.3 Å². The second kappa shape index (κ2) is 11.9. The van der Waals surface area contributed by atoms with E-state index in [1.807, 2.05) is 20.8 Å². The summed E-state index contributed by atoms with van der Waals surface area (Å²) in [5, 5.41) is 12.4. The molecule has 1 amide bonds. The van der Waals surface area contributed by atoms with Gasteiger partial charge in [0.25, 0.3) is 0 Å². The molecule has 2 aromatic carbocycles. The molecule has 0 saturated heterocycles. The standard InChI is InChI=1S/C25H30ClN5O5/c1-15(2)36-21-10-9-19(13-16(21)3)28-23-29-24(34)31(20(11-12-32)22(33)27-4)25(35)30(23)14-17-5-7-18(26)8-6-17/h5-10,13,15,20,32H,11-12,14H2,1-4H3,(H,27,33)(H,28,29,34)/t20-/m1/s1. The number of hydrogen-bond donors (Lipinski definition) is 3. The lowest BCUT2D eigenvalue weighted by Gasteiger charge is -2.18. The Kier molecular flexibility index (Phi) is 8.89. The normalized spacial score (nSPS) is 12.6. The fourth-order valence-electron chi connectivity index (χ4n) is 3.69. The molecule has 0 fully saturated rings. The summed E-state index contributed by atoms with van der Waals surface area (Å²) < 4.78 is 7.84. The van der Waals surface area contributed by atoms with Gasteiger partial charge in [-0.15, -0.1) is 0 Å². The zero-order valence-electron chi connectivity index (χ0n) is 20.6. The second-order valence-corrected chi connectivity index (χ2v) is 8.93. The SMILES string of the molecule is CNC(=O)[C@@H](CCO)n1c(=O)[nH]/c(=N\c2ccc(OC(C)C)c(C)c2)n(Cc2ccc(Cl)cc2)c1=O. The fraction of sp³-hybridized carbons (Fsp3) is 0.360. The highest BCUT2D eigenvalue weighted by Crippen LogP contribution is 2.24. The first-order valence-electron chi connectivity index (χ1n) is 11.5. The Morgan fingerprint density at radius 1 is 1.19 bits per heavy atom. The number of nitrogens with one attached hydrogen (secondary N) is 2. The number of aromatic nitrogens is 3. The maximum Gasteiger partial charge on any atom is 0.336 e. The lowest BCUT2D eigenvalue weighted by molar-refractivity contribution is -0.124. The van der Waals surface area contributed by atoms with Gasteiger partial charge < -0.3 is 15.2 Å². The number of likely N-dealkylation sites (N-methyl/N-ethyl adjacent to an activating group) is 1. The molecular weight excluding hydrogens is 486 g/mol. The van der Waals surface area contributed by atoms with Crippen molar-refractivity contribution >= 4 is 23.2 Å². The molecule has 0 saturated carbocycles. The summed E-state index contributed by atoms with van der Waals surface area (Å²) in [4.78, 5) is 46.2. The smallest absolute Gasteiger partial charge is 0.336 e. The van der Waals surface area contributed by atoms with Gasteiger partial charge in [0.1, 0.15) is 11.8 Å². The predicted molar refractivity (Wildman–Crippen MR) is 137 cm³/mol. The van der Waals surface area contributed by atoms with Crippen molar-refractivity contribution in [2.45, 2.75) is 45.9 Å². The summed E-state index contributed by atoms with van der Waals surface area (Å²) in [6, 6.07) is 11.0. The zero-order chi connectivity index (χ0) is 26.4. The number of carbonyl (C=O) groups is 1. The first-order valence-corrected chi connectivity index (χ1v) is 11.9. The third-order valence-corrected chi connectivity index (χ3v) is 5.66. The van der Waals surface area contributed by atoms with Crippen LogP contribution in [0.4, 0.5) is 5.69 Å². The summed E-state index contributed by atoms with van der Waals surface area (Å²) in [5.41, 5.74) is 0.516. The zero-order valence-corrected chi connectivity index (χ0v) is 21.4. The fourth-order valence-corrected chi connectivity index (χ4v) is 3.81. The number of halogens is 1. The van der Waals surface area contributed by atoms with Crippen molar-refractivity contribution in [3.63, 3.8) is 0 Å². The van der Waals surface area contributed by atoms with E-state index in [1.165, 1.54) is 11.6 Å². The predicted octanol–water partition coefficient (Wildman–Crippen LogP) is 2.04. The first-order chi connectivity index (χ1) is 17.1. The third-order valence-electron chi connectivity index (χ3n) is 5.40. The molecule has 1 atom stereocenters. The van der Waals surface area contributed by atoms with E-state index in [0.29, 0.717) is 16.5 Å². The molecule has 1 heterocycles. The Bertz CT molecular complexity index is 1410. The molecule has 3 N–H and O–H groups in total. The molecule has 0 bridgehead atoms. The number of nitrogens with zero attached hydrogens (tertiary/aromatic N) is 3. The molecule has 10 nitrogen and oxygen atoms in total. The Morgan fingerprint density at radius 2 is 1.89 bits per heavy atom. The molecule has 0 aliphatic heterocycles. The van der Waals surface area contributed by atoms with Crippen LogP contribution >= 0.6 is 11.6 Å². The topological polar surface area (TPSA) is 131 Å². The molecule has 0 unspecified atom stereocenters. The van der Waals surface area contributed by atoms with E-state index in [-0.39, 0.29) is 24.7 Å². The number of H-pyrrole nitrogens is 1.